The second-order valence-corrected chi connectivity index (χ2v) is 12.8. The zero-order chi connectivity index (χ0) is 31.7. The summed E-state index contributed by atoms with van der Waals surface area (Å²) in [6.45, 7) is 3.15. The van der Waals surface area contributed by atoms with Gasteiger partial charge in [-0.05, 0) is 66.9 Å². The molecule has 0 radical (unpaired) electrons. The van der Waals surface area contributed by atoms with Gasteiger partial charge < -0.3 is 10.2 Å². The number of rotatable bonds is 13. The molecule has 0 heterocycles. The lowest BCUT2D eigenvalue weighted by Crippen LogP contribution is -2.54. The summed E-state index contributed by atoms with van der Waals surface area (Å²) < 4.78 is 42.7. The lowest BCUT2D eigenvalue weighted by molar-refractivity contribution is -0.140. The molecule has 2 atom stereocenters. The van der Waals surface area contributed by atoms with Gasteiger partial charge in [-0.3, -0.25) is 13.9 Å². The smallest absolute Gasteiger partial charge is 0.264 e. The van der Waals surface area contributed by atoms with Crippen LogP contribution in [0.5, 0.6) is 0 Å². The lowest BCUT2D eigenvalue weighted by Gasteiger charge is -2.34. The Labute approximate surface area is 263 Å². The zero-order valence-corrected chi connectivity index (χ0v) is 26.1. The monoisotopic (exact) mass is 635 g/mol. The molecule has 230 valence electrons. The second-order valence-electron chi connectivity index (χ2n) is 10.5. The molecule has 0 saturated heterocycles. The SMILES string of the molecule is CCC(C)NC(=O)C(Cc1ccccc1)N(Cc1ccc(F)cc1)C(=O)CN(c1cccc(Cl)c1)S(=O)(=O)c1ccccc1. The van der Waals surface area contributed by atoms with Crippen LogP contribution in [-0.2, 0) is 32.6 Å². The van der Waals surface area contributed by atoms with Gasteiger partial charge in [0.05, 0.1) is 10.6 Å². The van der Waals surface area contributed by atoms with E-state index in [1.807, 2.05) is 44.2 Å². The number of hydrogen-bond acceptors (Lipinski definition) is 4. The standard InChI is InChI=1S/C34H35ClFN3O4S/c1-3-25(2)37-34(41)32(21-26-11-6-4-7-12-26)38(23-27-17-19-29(36)20-18-27)33(40)24-39(30-14-10-13-28(35)22-30)44(42,43)31-15-8-5-9-16-31/h4-20,22,25,32H,3,21,23-24H2,1-2H3,(H,37,41). The number of anilines is 1. The van der Waals surface area contributed by atoms with Crippen molar-refractivity contribution >= 4 is 39.1 Å². The number of nitrogens with one attached hydrogen (secondary N) is 1. The fourth-order valence-electron chi connectivity index (χ4n) is 4.66. The maximum Gasteiger partial charge on any atom is 0.264 e. The third-order valence-corrected chi connectivity index (χ3v) is 9.27. The van der Waals surface area contributed by atoms with Crippen LogP contribution in [0.25, 0.3) is 0 Å². The Morgan fingerprint density at radius 2 is 1.50 bits per heavy atom. The average molecular weight is 636 g/mol. The highest BCUT2D eigenvalue weighted by atomic mass is 35.5. The minimum atomic E-state index is -4.23. The first kappa shape index (κ1) is 32.7. The summed E-state index contributed by atoms with van der Waals surface area (Å²) >= 11 is 6.25. The van der Waals surface area contributed by atoms with Crippen molar-refractivity contribution < 1.29 is 22.4 Å². The van der Waals surface area contributed by atoms with Crippen LogP contribution in [0.1, 0.15) is 31.4 Å². The largest absolute Gasteiger partial charge is 0.352 e. The van der Waals surface area contributed by atoms with Crippen molar-refractivity contribution in [1.29, 1.82) is 0 Å². The van der Waals surface area contributed by atoms with E-state index in [-0.39, 0.29) is 35.5 Å². The number of halogens is 2. The van der Waals surface area contributed by atoms with E-state index >= 15 is 0 Å². The Bertz CT molecular complexity index is 1660. The first-order valence-corrected chi connectivity index (χ1v) is 16.1. The Kier molecular flexibility index (Phi) is 11.1. The lowest BCUT2D eigenvalue weighted by atomic mass is 10.0. The zero-order valence-electron chi connectivity index (χ0n) is 24.6. The van der Waals surface area contributed by atoms with Crippen LogP contribution in [-0.4, -0.2) is 43.8 Å². The number of sulfonamides is 1. The number of amides is 2. The van der Waals surface area contributed by atoms with Crippen LogP contribution in [0.4, 0.5) is 10.1 Å². The predicted molar refractivity (Wildman–Crippen MR) is 171 cm³/mol. The number of carbonyl (C=O) groups is 2. The number of nitrogens with zero attached hydrogens (tertiary/aromatic N) is 2. The highest BCUT2D eigenvalue weighted by Crippen LogP contribution is 2.27. The van der Waals surface area contributed by atoms with Crippen molar-refractivity contribution in [2.75, 3.05) is 10.8 Å². The fourth-order valence-corrected chi connectivity index (χ4v) is 6.27. The molecule has 0 fully saturated rings. The van der Waals surface area contributed by atoms with Crippen LogP contribution >= 0.6 is 11.6 Å². The summed E-state index contributed by atoms with van der Waals surface area (Å²) in [7, 11) is -4.23. The average Bonchev–Trinajstić information content (AvgIpc) is 3.03. The van der Waals surface area contributed by atoms with Gasteiger partial charge in [-0.1, -0.05) is 85.3 Å². The van der Waals surface area contributed by atoms with Crippen molar-refractivity contribution in [3.63, 3.8) is 0 Å². The number of benzene rings is 4. The number of hydrogen-bond donors (Lipinski definition) is 1. The van der Waals surface area contributed by atoms with Gasteiger partial charge in [0.1, 0.15) is 18.4 Å². The minimum absolute atomic E-state index is 0.00629. The van der Waals surface area contributed by atoms with Crippen LogP contribution in [0, 0.1) is 5.82 Å². The summed E-state index contributed by atoms with van der Waals surface area (Å²) in [6, 6.07) is 27.8. The summed E-state index contributed by atoms with van der Waals surface area (Å²) in [5.74, 6) is -1.43. The van der Waals surface area contributed by atoms with E-state index in [1.54, 1.807) is 36.4 Å². The van der Waals surface area contributed by atoms with E-state index < -0.39 is 34.3 Å². The molecule has 2 amide bonds. The van der Waals surface area contributed by atoms with E-state index in [2.05, 4.69) is 5.32 Å². The highest BCUT2D eigenvalue weighted by molar-refractivity contribution is 7.92. The first-order chi connectivity index (χ1) is 21.1. The quantitative estimate of drug-likeness (QED) is 0.189. The van der Waals surface area contributed by atoms with Crippen molar-refractivity contribution in [1.82, 2.24) is 10.2 Å². The van der Waals surface area contributed by atoms with E-state index in [0.717, 1.165) is 9.87 Å². The maximum atomic E-state index is 14.4. The molecule has 1 N–H and O–H groups in total. The topological polar surface area (TPSA) is 86.8 Å². The molecule has 0 bridgehead atoms. The van der Waals surface area contributed by atoms with Gasteiger partial charge in [0.15, 0.2) is 0 Å². The molecule has 0 aliphatic heterocycles. The molecule has 4 rings (SSSR count). The van der Waals surface area contributed by atoms with Gasteiger partial charge in [-0.15, -0.1) is 0 Å². The Hall–Kier alpha value is -4.21. The predicted octanol–water partition coefficient (Wildman–Crippen LogP) is 6.23. The maximum absolute atomic E-state index is 14.4. The van der Waals surface area contributed by atoms with Crippen molar-refractivity contribution in [2.45, 2.75) is 50.2 Å². The van der Waals surface area contributed by atoms with Crippen molar-refractivity contribution in [2.24, 2.45) is 0 Å². The van der Waals surface area contributed by atoms with Crippen LogP contribution in [0.3, 0.4) is 0 Å². The second kappa shape index (κ2) is 15.0. The Morgan fingerprint density at radius 1 is 0.864 bits per heavy atom. The fraction of sp³-hybridized carbons (Fsp3) is 0.235. The van der Waals surface area contributed by atoms with Gasteiger partial charge in [0, 0.05) is 24.0 Å². The molecular weight excluding hydrogens is 601 g/mol. The minimum Gasteiger partial charge on any atom is -0.352 e. The van der Waals surface area contributed by atoms with Crippen molar-refractivity contribution in [3.8, 4) is 0 Å². The van der Waals surface area contributed by atoms with E-state index in [0.29, 0.717) is 17.0 Å². The van der Waals surface area contributed by atoms with Crippen LogP contribution in [0.15, 0.2) is 114 Å². The third kappa shape index (κ3) is 8.45. The molecule has 44 heavy (non-hydrogen) atoms. The van der Waals surface area contributed by atoms with Gasteiger partial charge >= 0.3 is 0 Å². The first-order valence-electron chi connectivity index (χ1n) is 14.3. The van der Waals surface area contributed by atoms with E-state index in [1.165, 1.54) is 47.4 Å². The summed E-state index contributed by atoms with van der Waals surface area (Å²) in [5, 5.41) is 3.28. The molecule has 4 aromatic rings. The molecular formula is C34H35ClFN3O4S. The molecule has 7 nitrogen and oxygen atoms in total. The molecule has 0 aliphatic rings. The highest BCUT2D eigenvalue weighted by Gasteiger charge is 2.35. The Morgan fingerprint density at radius 3 is 2.11 bits per heavy atom. The summed E-state index contributed by atoms with van der Waals surface area (Å²) in [4.78, 5) is 29.6. The molecule has 0 aromatic heterocycles. The van der Waals surface area contributed by atoms with Crippen LogP contribution < -0.4 is 9.62 Å². The van der Waals surface area contributed by atoms with Gasteiger partial charge in [-0.2, -0.15) is 0 Å². The van der Waals surface area contributed by atoms with Crippen molar-refractivity contribution in [3.05, 3.63) is 131 Å². The number of carbonyl (C=O) groups excluding carboxylic acids is 2. The van der Waals surface area contributed by atoms with E-state index in [4.69, 9.17) is 11.6 Å². The molecule has 0 spiro atoms. The molecule has 0 aliphatic carbocycles. The van der Waals surface area contributed by atoms with Crippen LogP contribution in [0.2, 0.25) is 5.02 Å². The normalized spacial score (nSPS) is 12.6. The van der Waals surface area contributed by atoms with E-state index in [9.17, 15) is 22.4 Å². The van der Waals surface area contributed by atoms with Gasteiger partial charge in [-0.25, -0.2) is 12.8 Å². The molecule has 0 saturated carbocycles. The summed E-state index contributed by atoms with van der Waals surface area (Å²) in [6.07, 6.45) is 0.853. The Balaban J connectivity index is 1.80. The molecule has 2 unspecified atom stereocenters. The van der Waals surface area contributed by atoms with Gasteiger partial charge in [0.25, 0.3) is 10.0 Å². The summed E-state index contributed by atoms with van der Waals surface area (Å²) in [5.41, 5.74) is 1.59. The third-order valence-electron chi connectivity index (χ3n) is 7.24. The molecule has 10 heteroatoms. The molecule has 4 aromatic carbocycles. The van der Waals surface area contributed by atoms with Gasteiger partial charge in [0.2, 0.25) is 11.8 Å².